The second-order valence-electron chi connectivity index (χ2n) is 0.965. The van der Waals surface area contributed by atoms with Gasteiger partial charge >= 0.3 is 0 Å². The minimum absolute atomic E-state index is 0.0995. The molecule has 0 aliphatic carbocycles. The van der Waals surface area contributed by atoms with Crippen molar-refractivity contribution in [2.75, 3.05) is 0 Å². The molecular weight excluding hydrogens is 117 g/mol. The summed E-state index contributed by atoms with van der Waals surface area (Å²) in [4.78, 5) is 0.0995. The first-order valence-electron chi connectivity index (χ1n) is 1.56. The molecule has 0 unspecified atom stereocenters. The summed E-state index contributed by atoms with van der Waals surface area (Å²) in [5, 5.41) is 6.44. The van der Waals surface area contributed by atoms with E-state index < -0.39 is 0 Å². The van der Waals surface area contributed by atoms with E-state index in [2.05, 4.69) is 22.9 Å². The molecule has 0 saturated heterocycles. The first-order chi connectivity index (χ1) is 3.29. The van der Waals surface area contributed by atoms with Crippen LogP contribution in [0.1, 0.15) is 0 Å². The zero-order chi connectivity index (χ0) is 5.28. The van der Waals surface area contributed by atoms with Gasteiger partial charge in [0, 0.05) is 0 Å². The zero-order valence-electron chi connectivity index (χ0n) is 3.24. The molecule has 0 fully saturated rings. The summed E-state index contributed by atoms with van der Waals surface area (Å²) in [6.45, 7) is 0. The van der Waals surface area contributed by atoms with Crippen LogP contribution < -0.4 is 0 Å². The molecule has 3 nitrogen and oxygen atoms in total. The van der Waals surface area contributed by atoms with E-state index in [9.17, 15) is 4.48 Å². The normalized spacial score (nSPS) is 9.43. The van der Waals surface area contributed by atoms with Crippen LogP contribution in [0.2, 0.25) is 0 Å². The first-order valence-corrected chi connectivity index (χ1v) is 2.01. The van der Waals surface area contributed by atoms with Crippen molar-refractivity contribution in [3.8, 4) is 0 Å². The molecule has 38 valence electrons. The molecule has 0 aliphatic heterocycles. The lowest BCUT2D eigenvalue weighted by atomic mass is 10.9. The number of rotatable bonds is 0. The van der Waals surface area contributed by atoms with E-state index in [1.54, 1.807) is 0 Å². The van der Waals surface area contributed by atoms with Crippen LogP contribution in [0.4, 0.5) is 4.48 Å². The lowest BCUT2D eigenvalue weighted by Gasteiger charge is -1.67. The Balaban J connectivity index is 3.04. The van der Waals surface area contributed by atoms with Crippen molar-refractivity contribution in [3.05, 3.63) is 6.20 Å². The van der Waals surface area contributed by atoms with Gasteiger partial charge in [-0.15, -0.1) is 17.7 Å². The maximum Gasteiger partial charge on any atom is 0.138 e. The number of hydrogen-bond acceptors (Lipinski definition) is 3. The fourth-order valence-corrected chi connectivity index (χ4v) is 0.371. The summed E-state index contributed by atoms with van der Waals surface area (Å²) in [5.74, 6) is 0. The molecule has 0 N–H and O–H groups in total. The predicted octanol–water partition coefficient (Wildman–Crippen LogP) is 0.299. The zero-order valence-corrected chi connectivity index (χ0v) is 4.14. The molecule has 7 heavy (non-hydrogen) atoms. The maximum atomic E-state index is 11.6. The Morgan fingerprint density at radius 1 is 1.86 bits per heavy atom. The van der Waals surface area contributed by atoms with Crippen molar-refractivity contribution < 1.29 is 4.48 Å². The van der Waals surface area contributed by atoms with Crippen LogP contribution in [-0.4, -0.2) is 15.2 Å². The van der Waals surface area contributed by atoms with Crippen molar-refractivity contribution >= 4 is 12.6 Å². The minimum Gasteiger partial charge on any atom is -0.122 e. The van der Waals surface area contributed by atoms with Crippen molar-refractivity contribution in [2.24, 2.45) is 0 Å². The third-order valence-corrected chi connectivity index (χ3v) is 0.660. The van der Waals surface area contributed by atoms with E-state index in [1.165, 1.54) is 0 Å². The second kappa shape index (κ2) is 1.49. The highest BCUT2D eigenvalue weighted by Crippen LogP contribution is 1.95. The fourth-order valence-electron chi connectivity index (χ4n) is 0.235. The number of halogens is 1. The average molecular weight is 119 g/mol. The highest BCUT2D eigenvalue weighted by Gasteiger charge is 1.88. The highest BCUT2D eigenvalue weighted by atomic mass is 32.1. The molecule has 0 amide bonds. The Kier molecular flexibility index (Phi) is 0.976. The summed E-state index contributed by atoms with van der Waals surface area (Å²) >= 11 is 3.67. The lowest BCUT2D eigenvalue weighted by molar-refractivity contribution is 0.306. The average Bonchev–Trinajstić information content (AvgIpc) is 1.87. The maximum absolute atomic E-state index is 11.6. The van der Waals surface area contributed by atoms with Gasteiger partial charge < -0.3 is 0 Å². The Morgan fingerprint density at radius 2 is 2.57 bits per heavy atom. The summed E-state index contributed by atoms with van der Waals surface area (Å²) in [7, 11) is 0. The van der Waals surface area contributed by atoms with E-state index in [0.29, 0.717) is 0 Å². The SMILES string of the molecule is Fn1cc(S)nn1. The molecule has 0 saturated carbocycles. The molecule has 1 rings (SSSR count). The first kappa shape index (κ1) is 4.58. The van der Waals surface area contributed by atoms with Gasteiger partial charge in [-0.1, -0.05) is 9.39 Å². The molecule has 1 heterocycles. The van der Waals surface area contributed by atoms with Crippen molar-refractivity contribution in [1.29, 1.82) is 0 Å². The summed E-state index contributed by atoms with van der Waals surface area (Å²) in [6.07, 6.45) is 1.06. The monoisotopic (exact) mass is 119 g/mol. The van der Waals surface area contributed by atoms with Gasteiger partial charge in [-0.3, -0.25) is 0 Å². The molecule has 0 aliphatic rings. The van der Waals surface area contributed by atoms with E-state index in [1.807, 2.05) is 0 Å². The molecular formula is C2H2FN3S. The fraction of sp³-hybridized carbons (Fsp3) is 0. The third-order valence-electron chi connectivity index (χ3n) is 0.455. The molecule has 1 aromatic rings. The van der Waals surface area contributed by atoms with Gasteiger partial charge in [-0.05, 0) is 5.21 Å². The third kappa shape index (κ3) is 0.894. The molecule has 0 spiro atoms. The van der Waals surface area contributed by atoms with E-state index in [0.717, 1.165) is 6.20 Å². The van der Waals surface area contributed by atoms with Gasteiger partial charge in [0.2, 0.25) is 0 Å². The molecule has 0 radical (unpaired) electrons. The summed E-state index contributed by atoms with van der Waals surface area (Å²) in [6, 6.07) is 0. The Morgan fingerprint density at radius 3 is 2.71 bits per heavy atom. The van der Waals surface area contributed by atoms with E-state index >= 15 is 0 Å². The van der Waals surface area contributed by atoms with Gasteiger partial charge in [0.1, 0.15) is 5.03 Å². The number of thiol groups is 1. The lowest BCUT2D eigenvalue weighted by Crippen LogP contribution is -1.78. The number of nitrogens with zero attached hydrogens (tertiary/aromatic N) is 3. The Labute approximate surface area is 44.5 Å². The smallest absolute Gasteiger partial charge is 0.122 e. The summed E-state index contributed by atoms with van der Waals surface area (Å²) < 4.78 is 11.6. The molecule has 0 atom stereocenters. The largest absolute Gasteiger partial charge is 0.138 e. The number of aromatic nitrogens is 3. The standard InChI is InChI=1S/C2H2FN3S/c3-6-1-2(7)4-5-6/h1,7H. The van der Waals surface area contributed by atoms with Crippen LogP contribution in [-0.2, 0) is 0 Å². The molecule has 0 aromatic carbocycles. The van der Waals surface area contributed by atoms with Crippen LogP contribution in [0.3, 0.4) is 0 Å². The summed E-state index contributed by atoms with van der Waals surface area (Å²) in [5.41, 5.74) is 0. The minimum atomic E-state index is 0.0995. The second-order valence-corrected chi connectivity index (χ2v) is 1.42. The highest BCUT2D eigenvalue weighted by molar-refractivity contribution is 7.80. The van der Waals surface area contributed by atoms with Gasteiger partial charge in [-0.2, -0.15) is 0 Å². The van der Waals surface area contributed by atoms with Gasteiger partial charge in [0.05, 0.1) is 6.20 Å². The Hall–Kier alpha value is -0.580. The van der Waals surface area contributed by atoms with E-state index in [-0.39, 0.29) is 9.93 Å². The molecule has 0 bridgehead atoms. The predicted molar refractivity (Wildman–Crippen MR) is 23.8 cm³/mol. The number of hydrogen-bond donors (Lipinski definition) is 1. The van der Waals surface area contributed by atoms with Crippen LogP contribution >= 0.6 is 12.6 Å². The topological polar surface area (TPSA) is 30.7 Å². The van der Waals surface area contributed by atoms with Crippen LogP contribution in [0.15, 0.2) is 11.2 Å². The van der Waals surface area contributed by atoms with Gasteiger partial charge in [0.15, 0.2) is 0 Å². The van der Waals surface area contributed by atoms with Crippen LogP contribution in [0.5, 0.6) is 0 Å². The van der Waals surface area contributed by atoms with Crippen LogP contribution in [0, 0.1) is 0 Å². The van der Waals surface area contributed by atoms with Crippen molar-refractivity contribution in [2.45, 2.75) is 5.03 Å². The Bertz CT molecular complexity index is 145. The van der Waals surface area contributed by atoms with Gasteiger partial charge in [0.25, 0.3) is 0 Å². The van der Waals surface area contributed by atoms with E-state index in [4.69, 9.17) is 0 Å². The molecule has 1 aromatic heterocycles. The molecule has 5 heteroatoms. The quantitative estimate of drug-likeness (QED) is 0.498. The van der Waals surface area contributed by atoms with Crippen molar-refractivity contribution in [1.82, 2.24) is 15.2 Å². The van der Waals surface area contributed by atoms with Crippen molar-refractivity contribution in [3.63, 3.8) is 0 Å². The van der Waals surface area contributed by atoms with Gasteiger partial charge in [-0.25, -0.2) is 0 Å². The van der Waals surface area contributed by atoms with Crippen LogP contribution in [0.25, 0.3) is 0 Å².